The van der Waals surface area contributed by atoms with Gasteiger partial charge in [-0.25, -0.2) is 0 Å². The van der Waals surface area contributed by atoms with Gasteiger partial charge in [0.15, 0.2) is 0 Å². The molecule has 1 aliphatic carbocycles. The van der Waals surface area contributed by atoms with Crippen molar-refractivity contribution >= 4 is 0 Å². The van der Waals surface area contributed by atoms with E-state index in [1.807, 2.05) is 0 Å². The fourth-order valence-electron chi connectivity index (χ4n) is 3.66. The van der Waals surface area contributed by atoms with Crippen LogP contribution in [0.2, 0.25) is 0 Å². The van der Waals surface area contributed by atoms with Crippen LogP contribution in [0.5, 0.6) is 0 Å². The molecule has 1 heterocycles. The number of hydrogen-bond acceptors (Lipinski definition) is 3. The summed E-state index contributed by atoms with van der Waals surface area (Å²) in [5.41, 5.74) is 0.574. The zero-order valence-corrected chi connectivity index (χ0v) is 11.9. The summed E-state index contributed by atoms with van der Waals surface area (Å²) in [6.07, 6.45) is 10.5. The highest BCUT2D eigenvalue weighted by Gasteiger charge is 2.43. The topological polar surface area (TPSA) is 30.5 Å². The summed E-state index contributed by atoms with van der Waals surface area (Å²) in [7, 11) is 1.78. The summed E-state index contributed by atoms with van der Waals surface area (Å²) in [5, 5.41) is 3.82. The van der Waals surface area contributed by atoms with Gasteiger partial charge in [0.25, 0.3) is 0 Å². The molecule has 1 atom stereocenters. The van der Waals surface area contributed by atoms with Gasteiger partial charge in [0.1, 0.15) is 0 Å². The zero-order valence-electron chi connectivity index (χ0n) is 11.9. The molecule has 1 saturated carbocycles. The molecule has 0 aromatic carbocycles. The maximum atomic E-state index is 5.53. The minimum atomic E-state index is 0.574. The van der Waals surface area contributed by atoms with Crippen LogP contribution < -0.4 is 5.32 Å². The first-order valence-corrected chi connectivity index (χ1v) is 7.67. The Morgan fingerprint density at radius 3 is 2.78 bits per heavy atom. The lowest BCUT2D eigenvalue weighted by molar-refractivity contribution is 0.00443. The molecule has 1 spiro atoms. The molecule has 1 N–H and O–H groups in total. The number of methoxy groups -OCH3 is 1. The Balaban J connectivity index is 1.65. The van der Waals surface area contributed by atoms with Crippen LogP contribution in [-0.4, -0.2) is 39.5 Å². The van der Waals surface area contributed by atoms with Crippen LogP contribution in [-0.2, 0) is 9.47 Å². The molecule has 2 rings (SSSR count). The lowest BCUT2D eigenvalue weighted by Gasteiger charge is -2.39. The third kappa shape index (κ3) is 3.69. The Morgan fingerprint density at radius 2 is 2.00 bits per heavy atom. The maximum Gasteiger partial charge on any atom is 0.0471 e. The quantitative estimate of drug-likeness (QED) is 0.710. The first kappa shape index (κ1) is 14.3. The molecule has 0 bridgehead atoms. The van der Waals surface area contributed by atoms with Gasteiger partial charge in [-0.2, -0.15) is 0 Å². The summed E-state index contributed by atoms with van der Waals surface area (Å²) in [5.74, 6) is 0. The minimum Gasteiger partial charge on any atom is -0.385 e. The number of hydrogen-bond donors (Lipinski definition) is 1. The van der Waals surface area contributed by atoms with Crippen LogP contribution in [0.1, 0.15) is 51.4 Å². The molecule has 0 aromatic heterocycles. The van der Waals surface area contributed by atoms with Gasteiger partial charge in [-0.15, -0.1) is 0 Å². The fourth-order valence-corrected chi connectivity index (χ4v) is 3.66. The second kappa shape index (κ2) is 7.46. The van der Waals surface area contributed by atoms with E-state index in [9.17, 15) is 0 Å². The van der Waals surface area contributed by atoms with Crippen LogP contribution in [0.4, 0.5) is 0 Å². The molecule has 3 nitrogen and oxygen atoms in total. The molecule has 0 aromatic rings. The number of unbranched alkanes of at least 4 members (excludes halogenated alkanes) is 2. The van der Waals surface area contributed by atoms with Crippen molar-refractivity contribution in [2.75, 3.05) is 33.5 Å². The van der Waals surface area contributed by atoms with Crippen molar-refractivity contribution in [3.8, 4) is 0 Å². The molecule has 0 radical (unpaired) electrons. The lowest BCUT2D eigenvalue weighted by Crippen LogP contribution is -2.45. The third-order valence-corrected chi connectivity index (χ3v) is 4.81. The van der Waals surface area contributed by atoms with Gasteiger partial charge in [-0.05, 0) is 56.9 Å². The molecule has 18 heavy (non-hydrogen) atoms. The monoisotopic (exact) mass is 255 g/mol. The largest absolute Gasteiger partial charge is 0.385 e. The van der Waals surface area contributed by atoms with E-state index in [0.29, 0.717) is 5.41 Å². The summed E-state index contributed by atoms with van der Waals surface area (Å²) in [6, 6.07) is 0.754. The van der Waals surface area contributed by atoms with Crippen LogP contribution in [0, 0.1) is 5.41 Å². The normalized spacial score (nSPS) is 26.8. The number of rotatable bonds is 7. The van der Waals surface area contributed by atoms with Crippen LogP contribution in [0.25, 0.3) is 0 Å². The van der Waals surface area contributed by atoms with Gasteiger partial charge >= 0.3 is 0 Å². The summed E-state index contributed by atoms with van der Waals surface area (Å²) in [4.78, 5) is 0. The van der Waals surface area contributed by atoms with Crippen LogP contribution in [0.15, 0.2) is 0 Å². The van der Waals surface area contributed by atoms with E-state index in [0.717, 1.165) is 25.9 Å². The highest BCUT2D eigenvalue weighted by Crippen LogP contribution is 2.45. The molecule has 2 fully saturated rings. The molecule has 1 aliphatic heterocycles. The van der Waals surface area contributed by atoms with Gasteiger partial charge in [-0.1, -0.05) is 6.42 Å². The molecule has 2 aliphatic rings. The smallest absolute Gasteiger partial charge is 0.0471 e. The van der Waals surface area contributed by atoms with Crippen LogP contribution >= 0.6 is 0 Å². The average molecular weight is 255 g/mol. The van der Waals surface area contributed by atoms with E-state index in [4.69, 9.17) is 9.47 Å². The van der Waals surface area contributed by atoms with E-state index >= 15 is 0 Å². The van der Waals surface area contributed by atoms with Crippen molar-refractivity contribution < 1.29 is 9.47 Å². The van der Waals surface area contributed by atoms with E-state index in [2.05, 4.69) is 5.32 Å². The standard InChI is InChI=1S/C15H29NO2/c1-17-11-4-2-3-10-16-14-6-5-7-15(14)8-12-18-13-9-15/h14,16H,2-13H2,1H3. The van der Waals surface area contributed by atoms with E-state index < -0.39 is 0 Å². The molecule has 106 valence electrons. The highest BCUT2D eigenvalue weighted by atomic mass is 16.5. The van der Waals surface area contributed by atoms with Crippen molar-refractivity contribution in [3.05, 3.63) is 0 Å². The van der Waals surface area contributed by atoms with E-state index in [-0.39, 0.29) is 0 Å². The Hall–Kier alpha value is -0.120. The van der Waals surface area contributed by atoms with E-state index in [1.165, 1.54) is 57.9 Å². The minimum absolute atomic E-state index is 0.574. The fraction of sp³-hybridized carbons (Fsp3) is 1.00. The predicted octanol–water partition coefficient (Wildman–Crippen LogP) is 2.74. The summed E-state index contributed by atoms with van der Waals surface area (Å²) < 4.78 is 10.6. The molecular formula is C15H29NO2. The molecule has 3 heteroatoms. The Bertz CT molecular complexity index is 227. The van der Waals surface area contributed by atoms with Gasteiger partial charge in [0, 0.05) is 33.0 Å². The highest BCUT2D eigenvalue weighted by molar-refractivity contribution is 4.97. The summed E-state index contributed by atoms with van der Waals surface area (Å²) in [6.45, 7) is 4.04. The summed E-state index contributed by atoms with van der Waals surface area (Å²) >= 11 is 0. The Morgan fingerprint density at radius 1 is 1.17 bits per heavy atom. The second-order valence-corrected chi connectivity index (χ2v) is 5.93. The van der Waals surface area contributed by atoms with Gasteiger partial charge in [0.2, 0.25) is 0 Å². The van der Waals surface area contributed by atoms with Crippen molar-refractivity contribution in [3.63, 3.8) is 0 Å². The predicted molar refractivity (Wildman–Crippen MR) is 73.9 cm³/mol. The first-order valence-electron chi connectivity index (χ1n) is 7.67. The van der Waals surface area contributed by atoms with Crippen molar-refractivity contribution in [1.29, 1.82) is 0 Å². The Labute approximate surface area is 112 Å². The van der Waals surface area contributed by atoms with Crippen molar-refractivity contribution in [2.24, 2.45) is 5.41 Å². The average Bonchev–Trinajstić information content (AvgIpc) is 2.77. The van der Waals surface area contributed by atoms with Gasteiger partial charge in [0.05, 0.1) is 0 Å². The molecule has 1 unspecified atom stereocenters. The maximum absolute atomic E-state index is 5.53. The molecule has 0 amide bonds. The lowest BCUT2D eigenvalue weighted by atomic mass is 9.75. The molecular weight excluding hydrogens is 226 g/mol. The molecule has 1 saturated heterocycles. The second-order valence-electron chi connectivity index (χ2n) is 5.93. The SMILES string of the molecule is COCCCCCNC1CCCC12CCOCC2. The van der Waals surface area contributed by atoms with Crippen LogP contribution in [0.3, 0.4) is 0 Å². The number of nitrogens with one attached hydrogen (secondary N) is 1. The van der Waals surface area contributed by atoms with Crippen molar-refractivity contribution in [1.82, 2.24) is 5.32 Å². The van der Waals surface area contributed by atoms with E-state index in [1.54, 1.807) is 7.11 Å². The first-order chi connectivity index (χ1) is 8.87. The number of ether oxygens (including phenoxy) is 2. The Kier molecular flexibility index (Phi) is 5.93. The van der Waals surface area contributed by atoms with Crippen molar-refractivity contribution in [2.45, 2.75) is 57.4 Å². The third-order valence-electron chi connectivity index (χ3n) is 4.81. The zero-order chi connectivity index (χ0) is 12.7. The van der Waals surface area contributed by atoms with Gasteiger partial charge < -0.3 is 14.8 Å². The van der Waals surface area contributed by atoms with Gasteiger partial charge in [-0.3, -0.25) is 0 Å².